The summed E-state index contributed by atoms with van der Waals surface area (Å²) in [5.74, 6) is 0.997. The molecule has 2 aromatic heterocycles. The first-order chi connectivity index (χ1) is 13.5. The molecule has 0 fully saturated rings. The van der Waals surface area contributed by atoms with Gasteiger partial charge in [0.25, 0.3) is 5.91 Å². The van der Waals surface area contributed by atoms with Crippen molar-refractivity contribution in [2.75, 3.05) is 6.54 Å². The van der Waals surface area contributed by atoms with E-state index in [2.05, 4.69) is 11.3 Å². The standard InChI is InChI=1S/C20H20N2O5S/c1-2-11-21-28(24,25)19-9-7-16(8-10-19)20(23)22(14-17-5-3-12-26-17)15-18-6-4-13-27-18/h2-10,12-13,21H,1,11,14-15H2. The average molecular weight is 400 g/mol. The molecule has 1 N–H and O–H groups in total. The number of sulfonamides is 1. The predicted molar refractivity (Wildman–Crippen MR) is 103 cm³/mol. The van der Waals surface area contributed by atoms with Gasteiger partial charge in [0.05, 0.1) is 30.5 Å². The third-order valence-electron chi connectivity index (χ3n) is 3.97. The molecule has 0 spiro atoms. The van der Waals surface area contributed by atoms with Crippen molar-refractivity contribution in [2.24, 2.45) is 0 Å². The van der Waals surface area contributed by atoms with Gasteiger partial charge >= 0.3 is 0 Å². The van der Waals surface area contributed by atoms with Crippen LogP contribution < -0.4 is 4.72 Å². The Morgan fingerprint density at radius 1 is 1.00 bits per heavy atom. The molecule has 0 unspecified atom stereocenters. The van der Waals surface area contributed by atoms with E-state index in [9.17, 15) is 13.2 Å². The summed E-state index contributed by atoms with van der Waals surface area (Å²) in [4.78, 5) is 14.6. The minimum absolute atomic E-state index is 0.0783. The molecule has 0 radical (unpaired) electrons. The Bertz CT molecular complexity index is 971. The van der Waals surface area contributed by atoms with Crippen molar-refractivity contribution >= 4 is 15.9 Å². The van der Waals surface area contributed by atoms with Crippen molar-refractivity contribution in [3.05, 3.63) is 90.8 Å². The fourth-order valence-electron chi connectivity index (χ4n) is 2.59. The Morgan fingerprint density at radius 3 is 2.04 bits per heavy atom. The Balaban J connectivity index is 1.80. The Kier molecular flexibility index (Phi) is 6.13. The van der Waals surface area contributed by atoms with Crippen LogP contribution in [0.4, 0.5) is 0 Å². The lowest BCUT2D eigenvalue weighted by atomic mass is 10.2. The van der Waals surface area contributed by atoms with Crippen LogP contribution in [0.5, 0.6) is 0 Å². The number of nitrogens with one attached hydrogen (secondary N) is 1. The third kappa shape index (κ3) is 4.79. The number of carbonyl (C=O) groups is 1. The molecule has 1 amide bonds. The molecular formula is C20H20N2O5S. The normalized spacial score (nSPS) is 11.3. The van der Waals surface area contributed by atoms with Crippen LogP contribution in [0, 0.1) is 0 Å². The Morgan fingerprint density at radius 2 is 1.57 bits per heavy atom. The van der Waals surface area contributed by atoms with Crippen LogP contribution in [0.1, 0.15) is 21.9 Å². The molecule has 7 nitrogen and oxygen atoms in total. The number of carbonyl (C=O) groups excluding carboxylic acids is 1. The first-order valence-corrected chi connectivity index (χ1v) is 10.0. The Hall–Kier alpha value is -3.10. The number of furan rings is 2. The monoisotopic (exact) mass is 400 g/mol. The molecule has 2 heterocycles. The van der Waals surface area contributed by atoms with Gasteiger partial charge in [0, 0.05) is 12.1 Å². The van der Waals surface area contributed by atoms with E-state index in [4.69, 9.17) is 8.83 Å². The molecule has 0 aliphatic carbocycles. The Labute approximate surface area is 163 Å². The van der Waals surface area contributed by atoms with Gasteiger partial charge in [-0.1, -0.05) is 6.08 Å². The smallest absolute Gasteiger partial charge is 0.254 e. The number of hydrogen-bond donors (Lipinski definition) is 1. The highest BCUT2D eigenvalue weighted by Crippen LogP contribution is 2.17. The lowest BCUT2D eigenvalue weighted by Gasteiger charge is -2.21. The minimum Gasteiger partial charge on any atom is -0.467 e. The van der Waals surface area contributed by atoms with Crippen LogP contribution in [-0.2, 0) is 23.1 Å². The maximum Gasteiger partial charge on any atom is 0.254 e. The molecular weight excluding hydrogens is 380 g/mol. The predicted octanol–water partition coefficient (Wildman–Crippen LogP) is 3.18. The third-order valence-corrected chi connectivity index (χ3v) is 5.41. The summed E-state index contributed by atoms with van der Waals surface area (Å²) in [7, 11) is -3.64. The highest BCUT2D eigenvalue weighted by atomic mass is 32.2. The van der Waals surface area contributed by atoms with Crippen LogP contribution in [0.25, 0.3) is 0 Å². The van der Waals surface area contributed by atoms with Crippen molar-refractivity contribution in [3.63, 3.8) is 0 Å². The zero-order valence-corrected chi connectivity index (χ0v) is 15.9. The van der Waals surface area contributed by atoms with E-state index in [0.29, 0.717) is 17.1 Å². The molecule has 28 heavy (non-hydrogen) atoms. The number of benzene rings is 1. The first-order valence-electron chi connectivity index (χ1n) is 8.54. The van der Waals surface area contributed by atoms with Crippen LogP contribution in [0.3, 0.4) is 0 Å². The molecule has 0 saturated heterocycles. The van der Waals surface area contributed by atoms with Gasteiger partial charge in [0.1, 0.15) is 11.5 Å². The van der Waals surface area contributed by atoms with Gasteiger partial charge in [-0.25, -0.2) is 13.1 Å². The highest BCUT2D eigenvalue weighted by molar-refractivity contribution is 7.89. The van der Waals surface area contributed by atoms with Gasteiger partial charge < -0.3 is 13.7 Å². The molecule has 1 aromatic carbocycles. The summed E-state index contributed by atoms with van der Waals surface area (Å²) in [6.45, 7) is 4.13. The van der Waals surface area contributed by atoms with Crippen molar-refractivity contribution < 1.29 is 22.0 Å². The molecule has 146 valence electrons. The fraction of sp³-hybridized carbons (Fsp3) is 0.150. The van der Waals surface area contributed by atoms with E-state index in [1.54, 1.807) is 41.7 Å². The molecule has 0 atom stereocenters. The van der Waals surface area contributed by atoms with Crippen LogP contribution in [0.2, 0.25) is 0 Å². The first kappa shape index (κ1) is 19.7. The lowest BCUT2D eigenvalue weighted by molar-refractivity contribution is 0.0704. The second-order valence-corrected chi connectivity index (χ2v) is 7.75. The zero-order chi connectivity index (χ0) is 20.0. The molecule has 3 rings (SSSR count). The van der Waals surface area contributed by atoms with Crippen molar-refractivity contribution in [1.29, 1.82) is 0 Å². The van der Waals surface area contributed by atoms with E-state index >= 15 is 0 Å². The topological polar surface area (TPSA) is 92.8 Å². The number of nitrogens with zero attached hydrogens (tertiary/aromatic N) is 1. The molecule has 0 aliphatic heterocycles. The summed E-state index contributed by atoms with van der Waals surface area (Å²) in [6.07, 6.45) is 4.54. The van der Waals surface area contributed by atoms with Gasteiger partial charge in [-0.15, -0.1) is 6.58 Å². The van der Waals surface area contributed by atoms with E-state index in [1.165, 1.54) is 30.3 Å². The maximum absolute atomic E-state index is 13.0. The van der Waals surface area contributed by atoms with E-state index in [1.807, 2.05) is 0 Å². The largest absolute Gasteiger partial charge is 0.467 e. The average Bonchev–Trinajstić information content (AvgIpc) is 3.40. The van der Waals surface area contributed by atoms with Gasteiger partial charge in [-0.05, 0) is 48.5 Å². The van der Waals surface area contributed by atoms with Gasteiger partial charge in [-0.3, -0.25) is 4.79 Å². The van der Waals surface area contributed by atoms with Crippen molar-refractivity contribution in [2.45, 2.75) is 18.0 Å². The van der Waals surface area contributed by atoms with Gasteiger partial charge in [0.15, 0.2) is 0 Å². The zero-order valence-electron chi connectivity index (χ0n) is 15.1. The van der Waals surface area contributed by atoms with Gasteiger partial charge in [0.2, 0.25) is 10.0 Å². The second kappa shape index (κ2) is 8.73. The quantitative estimate of drug-likeness (QED) is 0.557. The highest BCUT2D eigenvalue weighted by Gasteiger charge is 2.20. The van der Waals surface area contributed by atoms with E-state index in [-0.39, 0.29) is 30.4 Å². The fourth-order valence-corrected chi connectivity index (χ4v) is 3.59. The second-order valence-electron chi connectivity index (χ2n) is 5.98. The molecule has 0 bridgehead atoms. The SMILES string of the molecule is C=CCNS(=O)(=O)c1ccc(C(=O)N(Cc2ccco2)Cc2ccco2)cc1. The summed E-state index contributed by atoms with van der Waals surface area (Å²) in [5.41, 5.74) is 0.362. The van der Waals surface area contributed by atoms with E-state index < -0.39 is 10.0 Å². The molecule has 8 heteroatoms. The number of amides is 1. The van der Waals surface area contributed by atoms with Crippen LogP contribution >= 0.6 is 0 Å². The van der Waals surface area contributed by atoms with Crippen LogP contribution in [0.15, 0.2) is 87.4 Å². The lowest BCUT2D eigenvalue weighted by Crippen LogP contribution is -2.30. The number of rotatable bonds is 9. The summed E-state index contributed by atoms with van der Waals surface area (Å²) < 4.78 is 37.4. The molecule has 0 aliphatic rings. The van der Waals surface area contributed by atoms with E-state index in [0.717, 1.165) is 0 Å². The van der Waals surface area contributed by atoms with Gasteiger partial charge in [-0.2, -0.15) is 0 Å². The summed E-state index contributed by atoms with van der Waals surface area (Å²) in [6, 6.07) is 12.8. The van der Waals surface area contributed by atoms with Crippen LogP contribution in [-0.4, -0.2) is 25.8 Å². The van der Waals surface area contributed by atoms with Crippen molar-refractivity contribution in [3.8, 4) is 0 Å². The molecule has 3 aromatic rings. The molecule has 0 saturated carbocycles. The summed E-state index contributed by atoms with van der Waals surface area (Å²) in [5, 5.41) is 0. The minimum atomic E-state index is -3.64. The number of hydrogen-bond acceptors (Lipinski definition) is 5. The maximum atomic E-state index is 13.0. The van der Waals surface area contributed by atoms with Crippen molar-refractivity contribution in [1.82, 2.24) is 9.62 Å². The summed E-state index contributed by atoms with van der Waals surface area (Å²) >= 11 is 0.